The summed E-state index contributed by atoms with van der Waals surface area (Å²) in [5, 5.41) is 9.99. The van der Waals surface area contributed by atoms with Crippen LogP contribution in [0.5, 0.6) is 0 Å². The second-order valence-electron chi connectivity index (χ2n) is 5.27. The molecule has 2 aliphatic rings. The highest BCUT2D eigenvalue weighted by Crippen LogP contribution is 2.32. The van der Waals surface area contributed by atoms with Gasteiger partial charge >= 0.3 is 0 Å². The number of rotatable bonds is 2. The largest absolute Gasteiger partial charge is 0.390 e. The maximum atomic E-state index is 9.99. The molecule has 2 aliphatic heterocycles. The lowest BCUT2D eigenvalue weighted by molar-refractivity contribution is -0.267. The molecule has 2 fully saturated rings. The molecule has 1 aromatic carbocycles. The predicted molar refractivity (Wildman–Crippen MR) is 74.1 cm³/mol. The van der Waals surface area contributed by atoms with Crippen LogP contribution in [0.15, 0.2) is 43.0 Å². The lowest BCUT2D eigenvalue weighted by atomic mass is 10.0. The summed E-state index contributed by atoms with van der Waals surface area (Å²) in [6.07, 6.45) is 1.67. The molecule has 0 aliphatic carbocycles. The summed E-state index contributed by atoms with van der Waals surface area (Å²) in [6.45, 7) is 4.18. The van der Waals surface area contributed by atoms with E-state index in [1.165, 1.54) is 0 Å². The Balaban J connectivity index is 1.70. The summed E-state index contributed by atoms with van der Waals surface area (Å²) in [5.41, 5.74) is 1.01. The summed E-state index contributed by atoms with van der Waals surface area (Å²) >= 11 is 0. The minimum Gasteiger partial charge on any atom is -0.390 e. The molecule has 2 heterocycles. The monoisotopic (exact) mass is 276 g/mol. The van der Waals surface area contributed by atoms with Gasteiger partial charge in [-0.2, -0.15) is 0 Å². The maximum Gasteiger partial charge on any atom is 0.184 e. The summed E-state index contributed by atoms with van der Waals surface area (Å²) in [6, 6.07) is 9.88. The zero-order chi connectivity index (χ0) is 13.9. The van der Waals surface area contributed by atoms with Crippen LogP contribution in [0.3, 0.4) is 0 Å². The molecule has 5 atom stereocenters. The molecule has 20 heavy (non-hydrogen) atoms. The number of aliphatic hydroxyl groups is 1. The van der Waals surface area contributed by atoms with Crippen molar-refractivity contribution in [3.63, 3.8) is 0 Å². The van der Waals surface area contributed by atoms with Gasteiger partial charge < -0.3 is 19.3 Å². The number of hydrogen-bond donors (Lipinski definition) is 1. The van der Waals surface area contributed by atoms with Crippen LogP contribution in [0.1, 0.15) is 24.7 Å². The predicted octanol–water partition coefficient (Wildman–Crippen LogP) is 2.20. The fourth-order valence-electron chi connectivity index (χ4n) is 2.75. The van der Waals surface area contributed by atoms with E-state index in [9.17, 15) is 5.11 Å². The van der Waals surface area contributed by atoms with E-state index in [0.29, 0.717) is 13.0 Å². The lowest BCUT2D eigenvalue weighted by Crippen LogP contribution is -2.42. The van der Waals surface area contributed by atoms with Crippen molar-refractivity contribution in [3.8, 4) is 0 Å². The van der Waals surface area contributed by atoms with Crippen LogP contribution in [0.2, 0.25) is 0 Å². The van der Waals surface area contributed by atoms with Crippen molar-refractivity contribution in [2.45, 2.75) is 43.5 Å². The van der Waals surface area contributed by atoms with Gasteiger partial charge in [0, 0.05) is 5.56 Å². The zero-order valence-corrected chi connectivity index (χ0v) is 11.4. The number of ether oxygens (including phenoxy) is 3. The molecular formula is C16H20O4. The molecule has 0 bridgehead atoms. The highest BCUT2D eigenvalue weighted by Gasteiger charge is 2.38. The molecule has 2 saturated heterocycles. The fourth-order valence-corrected chi connectivity index (χ4v) is 2.75. The zero-order valence-electron chi connectivity index (χ0n) is 11.4. The van der Waals surface area contributed by atoms with Crippen molar-refractivity contribution in [1.82, 2.24) is 0 Å². The van der Waals surface area contributed by atoms with E-state index in [2.05, 4.69) is 6.58 Å². The minimum atomic E-state index is -0.517. The van der Waals surface area contributed by atoms with Gasteiger partial charge in [0.25, 0.3) is 0 Å². The highest BCUT2D eigenvalue weighted by molar-refractivity contribution is 5.16. The highest BCUT2D eigenvalue weighted by atomic mass is 16.7. The van der Waals surface area contributed by atoms with E-state index in [1.54, 1.807) is 6.08 Å². The number of fused-ring (bicyclic) bond motifs is 1. The molecule has 3 rings (SSSR count). The summed E-state index contributed by atoms with van der Waals surface area (Å²) in [4.78, 5) is 0. The molecule has 0 aromatic heterocycles. The van der Waals surface area contributed by atoms with Crippen LogP contribution in [0.25, 0.3) is 0 Å². The van der Waals surface area contributed by atoms with E-state index >= 15 is 0 Å². The van der Waals surface area contributed by atoms with E-state index in [1.807, 2.05) is 30.3 Å². The molecule has 0 saturated carbocycles. The Kier molecular flexibility index (Phi) is 4.17. The molecule has 0 amide bonds. The first-order valence-electron chi connectivity index (χ1n) is 7.06. The van der Waals surface area contributed by atoms with Gasteiger partial charge in [-0.25, -0.2) is 0 Å². The van der Waals surface area contributed by atoms with Crippen molar-refractivity contribution in [1.29, 1.82) is 0 Å². The van der Waals surface area contributed by atoms with Gasteiger partial charge in [0.05, 0.1) is 18.8 Å². The molecule has 108 valence electrons. The van der Waals surface area contributed by atoms with Crippen LogP contribution in [-0.2, 0) is 14.2 Å². The van der Waals surface area contributed by atoms with Crippen molar-refractivity contribution < 1.29 is 19.3 Å². The average Bonchev–Trinajstić information content (AvgIpc) is 2.67. The first-order valence-corrected chi connectivity index (χ1v) is 7.06. The third-order valence-electron chi connectivity index (χ3n) is 3.89. The van der Waals surface area contributed by atoms with Crippen molar-refractivity contribution in [3.05, 3.63) is 48.6 Å². The Bertz CT molecular complexity index is 447. The number of aliphatic hydroxyl groups excluding tert-OH is 1. The van der Waals surface area contributed by atoms with Crippen LogP contribution < -0.4 is 0 Å². The quantitative estimate of drug-likeness (QED) is 0.841. The molecule has 4 heteroatoms. The SMILES string of the molecule is C=C[C@@H]1O[C@@H]2CO[C@@H](c3ccccc3)O[C@H]2CC[C@H]1O. The van der Waals surface area contributed by atoms with Crippen LogP contribution in [0, 0.1) is 0 Å². The van der Waals surface area contributed by atoms with Gasteiger partial charge in [-0.05, 0) is 12.8 Å². The van der Waals surface area contributed by atoms with Gasteiger partial charge in [0.2, 0.25) is 0 Å². The van der Waals surface area contributed by atoms with E-state index in [4.69, 9.17) is 14.2 Å². The molecule has 4 nitrogen and oxygen atoms in total. The van der Waals surface area contributed by atoms with Crippen molar-refractivity contribution >= 4 is 0 Å². The van der Waals surface area contributed by atoms with Crippen molar-refractivity contribution in [2.75, 3.05) is 6.61 Å². The minimum absolute atomic E-state index is 0.0476. The molecular weight excluding hydrogens is 256 g/mol. The van der Waals surface area contributed by atoms with Crippen LogP contribution in [0.4, 0.5) is 0 Å². The van der Waals surface area contributed by atoms with E-state index < -0.39 is 6.10 Å². The summed E-state index contributed by atoms with van der Waals surface area (Å²) in [5.74, 6) is 0. The number of benzene rings is 1. The topological polar surface area (TPSA) is 47.9 Å². The van der Waals surface area contributed by atoms with Gasteiger partial charge in [-0.1, -0.05) is 36.4 Å². The third-order valence-corrected chi connectivity index (χ3v) is 3.89. The van der Waals surface area contributed by atoms with Crippen LogP contribution in [-0.4, -0.2) is 36.1 Å². The van der Waals surface area contributed by atoms with Gasteiger partial charge in [0.1, 0.15) is 12.2 Å². The van der Waals surface area contributed by atoms with Crippen LogP contribution >= 0.6 is 0 Å². The average molecular weight is 276 g/mol. The molecule has 0 spiro atoms. The smallest absolute Gasteiger partial charge is 0.184 e. The van der Waals surface area contributed by atoms with Gasteiger partial charge in [-0.3, -0.25) is 0 Å². The Labute approximate surface area is 119 Å². The number of hydrogen-bond acceptors (Lipinski definition) is 4. The lowest BCUT2D eigenvalue weighted by Gasteiger charge is -2.36. The van der Waals surface area contributed by atoms with Crippen molar-refractivity contribution in [2.24, 2.45) is 0 Å². The molecule has 0 radical (unpaired) electrons. The molecule has 1 N–H and O–H groups in total. The fraction of sp³-hybridized carbons (Fsp3) is 0.500. The first-order chi connectivity index (χ1) is 9.78. The molecule has 1 aromatic rings. The standard InChI is InChI=1S/C16H20O4/c1-2-13-12(17)8-9-14-15(19-13)10-18-16(20-14)11-6-4-3-5-7-11/h2-7,12-17H,1,8-10H2/t12-,13+,14+,15-,16-/m1/s1. The first kappa shape index (κ1) is 13.8. The Hall–Kier alpha value is -1.20. The Morgan fingerprint density at radius 2 is 1.90 bits per heavy atom. The van der Waals surface area contributed by atoms with E-state index in [-0.39, 0.29) is 24.6 Å². The Morgan fingerprint density at radius 1 is 1.10 bits per heavy atom. The Morgan fingerprint density at radius 3 is 2.65 bits per heavy atom. The van der Waals surface area contributed by atoms with E-state index in [0.717, 1.165) is 12.0 Å². The molecule has 0 unspecified atom stereocenters. The second-order valence-corrected chi connectivity index (χ2v) is 5.27. The normalized spacial score (nSPS) is 37.8. The summed E-state index contributed by atoms with van der Waals surface area (Å²) < 4.78 is 17.6. The maximum absolute atomic E-state index is 9.99. The van der Waals surface area contributed by atoms with Gasteiger partial charge in [0.15, 0.2) is 6.29 Å². The van der Waals surface area contributed by atoms with Gasteiger partial charge in [-0.15, -0.1) is 6.58 Å². The third kappa shape index (κ3) is 2.79. The summed E-state index contributed by atoms with van der Waals surface area (Å²) in [7, 11) is 0. The second kappa shape index (κ2) is 6.06.